The Morgan fingerprint density at radius 1 is 1.20 bits per heavy atom. The van der Waals surface area contributed by atoms with Crippen molar-refractivity contribution < 1.29 is 19.1 Å². The summed E-state index contributed by atoms with van der Waals surface area (Å²) >= 11 is 0. The molecule has 0 fully saturated rings. The molecule has 0 aliphatic heterocycles. The first-order chi connectivity index (χ1) is 9.38. The largest absolute Gasteiger partial charge is 0.452 e. The van der Waals surface area contributed by atoms with E-state index in [0.717, 1.165) is 5.57 Å². The van der Waals surface area contributed by atoms with E-state index in [4.69, 9.17) is 10.5 Å². The van der Waals surface area contributed by atoms with Crippen molar-refractivity contribution in [3.63, 3.8) is 0 Å². The number of hydrogen-bond acceptors (Lipinski definition) is 4. The van der Waals surface area contributed by atoms with Gasteiger partial charge in [-0.15, -0.1) is 0 Å². The molecule has 2 amide bonds. The van der Waals surface area contributed by atoms with Crippen molar-refractivity contribution >= 4 is 23.5 Å². The highest BCUT2D eigenvalue weighted by Crippen LogP contribution is 2.09. The summed E-state index contributed by atoms with van der Waals surface area (Å²) < 4.78 is 4.75. The number of primary amides is 1. The maximum Gasteiger partial charge on any atom is 0.331 e. The quantitative estimate of drug-likeness (QED) is 0.624. The third-order valence-electron chi connectivity index (χ3n) is 2.21. The second-order valence-corrected chi connectivity index (χ2v) is 4.32. The van der Waals surface area contributed by atoms with Gasteiger partial charge in [0.2, 0.25) is 5.91 Å². The van der Waals surface area contributed by atoms with Gasteiger partial charge in [0.15, 0.2) is 6.61 Å². The van der Waals surface area contributed by atoms with Crippen molar-refractivity contribution in [3.05, 3.63) is 41.5 Å². The number of nitrogens with one attached hydrogen (secondary N) is 1. The lowest BCUT2D eigenvalue weighted by Crippen LogP contribution is -2.20. The third-order valence-corrected chi connectivity index (χ3v) is 2.21. The Labute approximate surface area is 116 Å². The molecule has 1 aromatic carbocycles. The molecule has 0 saturated carbocycles. The highest BCUT2D eigenvalue weighted by Gasteiger charge is 2.06. The lowest BCUT2D eigenvalue weighted by molar-refractivity contribution is -0.142. The van der Waals surface area contributed by atoms with Gasteiger partial charge in [0, 0.05) is 17.3 Å². The molecule has 0 heterocycles. The van der Waals surface area contributed by atoms with Crippen LogP contribution in [0.5, 0.6) is 0 Å². The maximum atomic E-state index is 11.5. The molecule has 20 heavy (non-hydrogen) atoms. The lowest BCUT2D eigenvalue weighted by Gasteiger charge is -2.06. The number of anilines is 1. The molecule has 0 aromatic heterocycles. The molecule has 6 nitrogen and oxygen atoms in total. The number of benzene rings is 1. The van der Waals surface area contributed by atoms with E-state index in [1.165, 1.54) is 30.3 Å². The minimum absolute atomic E-state index is 0.345. The number of allylic oxidation sites excluding steroid dienone is 1. The molecule has 1 aromatic rings. The summed E-state index contributed by atoms with van der Waals surface area (Å²) in [6.07, 6.45) is 1.30. The number of amides is 2. The van der Waals surface area contributed by atoms with Gasteiger partial charge >= 0.3 is 5.97 Å². The van der Waals surface area contributed by atoms with Crippen molar-refractivity contribution in [2.45, 2.75) is 13.8 Å². The Morgan fingerprint density at radius 3 is 2.30 bits per heavy atom. The predicted octanol–water partition coefficient (Wildman–Crippen LogP) is 1.23. The predicted molar refractivity (Wildman–Crippen MR) is 74.0 cm³/mol. The van der Waals surface area contributed by atoms with Crippen LogP contribution in [0.3, 0.4) is 0 Å². The number of carbonyl (C=O) groups is 3. The Hall–Kier alpha value is -2.63. The van der Waals surface area contributed by atoms with Crippen LogP contribution >= 0.6 is 0 Å². The first kappa shape index (κ1) is 15.4. The van der Waals surface area contributed by atoms with Crippen molar-refractivity contribution in [2.24, 2.45) is 5.73 Å². The Morgan fingerprint density at radius 2 is 1.80 bits per heavy atom. The molecule has 0 bridgehead atoms. The topological polar surface area (TPSA) is 98.5 Å². The van der Waals surface area contributed by atoms with Crippen LogP contribution in [0, 0.1) is 0 Å². The van der Waals surface area contributed by atoms with E-state index in [0.29, 0.717) is 11.3 Å². The van der Waals surface area contributed by atoms with E-state index in [2.05, 4.69) is 5.32 Å². The van der Waals surface area contributed by atoms with Gasteiger partial charge in [0.1, 0.15) is 0 Å². The Balaban J connectivity index is 2.48. The molecular weight excluding hydrogens is 260 g/mol. The fourth-order valence-corrected chi connectivity index (χ4v) is 1.33. The van der Waals surface area contributed by atoms with Crippen LogP contribution in [-0.4, -0.2) is 24.4 Å². The van der Waals surface area contributed by atoms with Gasteiger partial charge in [0.25, 0.3) is 5.91 Å². The minimum Gasteiger partial charge on any atom is -0.452 e. The lowest BCUT2D eigenvalue weighted by atomic mass is 10.2. The summed E-state index contributed by atoms with van der Waals surface area (Å²) in [4.78, 5) is 33.6. The Kier molecular flexibility index (Phi) is 5.46. The van der Waals surface area contributed by atoms with E-state index >= 15 is 0 Å². The fourth-order valence-electron chi connectivity index (χ4n) is 1.33. The first-order valence-corrected chi connectivity index (χ1v) is 5.90. The van der Waals surface area contributed by atoms with Gasteiger partial charge in [-0.05, 0) is 38.1 Å². The summed E-state index contributed by atoms with van der Waals surface area (Å²) in [5.41, 5.74) is 6.72. The van der Waals surface area contributed by atoms with Gasteiger partial charge in [-0.3, -0.25) is 9.59 Å². The first-order valence-electron chi connectivity index (χ1n) is 5.90. The SMILES string of the molecule is CC(C)=CC(=O)OCC(=O)Nc1ccc(C(N)=O)cc1. The molecule has 0 unspecified atom stereocenters. The maximum absolute atomic E-state index is 11.5. The average molecular weight is 276 g/mol. The highest BCUT2D eigenvalue weighted by atomic mass is 16.5. The van der Waals surface area contributed by atoms with Crippen LogP contribution in [0.25, 0.3) is 0 Å². The zero-order valence-electron chi connectivity index (χ0n) is 11.3. The van der Waals surface area contributed by atoms with E-state index in [1.54, 1.807) is 13.8 Å². The van der Waals surface area contributed by atoms with Gasteiger partial charge in [-0.2, -0.15) is 0 Å². The van der Waals surface area contributed by atoms with Crippen molar-refractivity contribution in [3.8, 4) is 0 Å². The molecule has 3 N–H and O–H groups in total. The molecule has 106 valence electrons. The normalized spacial score (nSPS) is 9.50. The number of hydrogen-bond donors (Lipinski definition) is 2. The molecule has 0 spiro atoms. The highest BCUT2D eigenvalue weighted by molar-refractivity contribution is 5.96. The van der Waals surface area contributed by atoms with Crippen LogP contribution in [-0.2, 0) is 14.3 Å². The van der Waals surface area contributed by atoms with Crippen LogP contribution in [0.2, 0.25) is 0 Å². The fraction of sp³-hybridized carbons (Fsp3) is 0.214. The van der Waals surface area contributed by atoms with Crippen LogP contribution in [0.15, 0.2) is 35.9 Å². The molecule has 0 radical (unpaired) electrons. The molecule has 1 rings (SSSR count). The molecular formula is C14H16N2O4. The second kappa shape index (κ2) is 7.08. The number of rotatable bonds is 5. The van der Waals surface area contributed by atoms with Crippen molar-refractivity contribution in [2.75, 3.05) is 11.9 Å². The molecule has 0 aliphatic carbocycles. The molecule has 0 aliphatic rings. The standard InChI is InChI=1S/C14H16N2O4/c1-9(2)7-13(18)20-8-12(17)16-11-5-3-10(4-6-11)14(15)19/h3-7H,8H2,1-2H3,(H2,15,19)(H,16,17). The van der Waals surface area contributed by atoms with Crippen molar-refractivity contribution in [1.82, 2.24) is 0 Å². The number of ether oxygens (including phenoxy) is 1. The number of nitrogens with two attached hydrogens (primary N) is 1. The Bertz CT molecular complexity index is 543. The van der Waals surface area contributed by atoms with Gasteiger partial charge in [0.05, 0.1) is 0 Å². The molecule has 6 heteroatoms. The molecule has 0 saturated heterocycles. The van der Waals surface area contributed by atoms with E-state index < -0.39 is 17.8 Å². The van der Waals surface area contributed by atoms with Gasteiger partial charge in [-0.25, -0.2) is 4.79 Å². The summed E-state index contributed by atoms with van der Waals surface area (Å²) in [7, 11) is 0. The summed E-state index contributed by atoms with van der Waals surface area (Å²) in [5.74, 6) is -1.57. The van der Waals surface area contributed by atoms with Gasteiger partial charge in [-0.1, -0.05) is 5.57 Å². The number of carbonyl (C=O) groups excluding carboxylic acids is 3. The summed E-state index contributed by atoms with van der Waals surface area (Å²) in [5, 5.41) is 2.53. The van der Waals surface area contributed by atoms with E-state index in [9.17, 15) is 14.4 Å². The second-order valence-electron chi connectivity index (χ2n) is 4.32. The smallest absolute Gasteiger partial charge is 0.331 e. The monoisotopic (exact) mass is 276 g/mol. The van der Waals surface area contributed by atoms with E-state index in [1.807, 2.05) is 0 Å². The van der Waals surface area contributed by atoms with Gasteiger partial charge < -0.3 is 15.8 Å². The summed E-state index contributed by atoms with van der Waals surface area (Å²) in [6.45, 7) is 3.13. The van der Waals surface area contributed by atoms with E-state index in [-0.39, 0.29) is 6.61 Å². The van der Waals surface area contributed by atoms with Crippen molar-refractivity contribution in [1.29, 1.82) is 0 Å². The minimum atomic E-state index is -0.566. The average Bonchev–Trinajstić information content (AvgIpc) is 2.36. The zero-order valence-corrected chi connectivity index (χ0v) is 11.3. The van der Waals surface area contributed by atoms with Crippen LogP contribution in [0.4, 0.5) is 5.69 Å². The molecule has 0 atom stereocenters. The van der Waals surface area contributed by atoms with Crippen LogP contribution in [0.1, 0.15) is 24.2 Å². The number of esters is 1. The zero-order chi connectivity index (χ0) is 15.1. The van der Waals surface area contributed by atoms with Crippen LogP contribution < -0.4 is 11.1 Å². The summed E-state index contributed by atoms with van der Waals surface area (Å²) in [6, 6.07) is 6.06. The third kappa shape index (κ3) is 5.34.